The van der Waals surface area contributed by atoms with Gasteiger partial charge in [0.1, 0.15) is 24.8 Å². The van der Waals surface area contributed by atoms with Crippen molar-refractivity contribution in [3.8, 4) is 0 Å². The van der Waals surface area contributed by atoms with Crippen LogP contribution in [-0.4, -0.2) is 36.3 Å². The van der Waals surface area contributed by atoms with E-state index in [0.717, 1.165) is 4.90 Å². The third-order valence-corrected chi connectivity index (χ3v) is 2.37. The first-order chi connectivity index (χ1) is 9.39. The number of aromatic nitrogens is 2. The lowest BCUT2D eigenvalue weighted by Gasteiger charge is -2.25. The topological polar surface area (TPSA) is 76.3 Å². The number of nitrogens with one attached hydrogen (secondary N) is 1. The molecule has 0 saturated heterocycles. The van der Waals surface area contributed by atoms with Gasteiger partial charge in [0, 0.05) is 19.7 Å². The van der Waals surface area contributed by atoms with E-state index in [1.807, 2.05) is 0 Å². The molecular formula is C11H18F3N5O. The van der Waals surface area contributed by atoms with E-state index in [1.54, 1.807) is 6.92 Å². The maximum atomic E-state index is 12.6. The Kier molecular flexibility index (Phi) is 5.96. The van der Waals surface area contributed by atoms with Crippen molar-refractivity contribution in [1.29, 1.82) is 0 Å². The molecule has 0 amide bonds. The van der Waals surface area contributed by atoms with E-state index in [9.17, 15) is 13.2 Å². The largest absolute Gasteiger partial charge is 0.405 e. The minimum atomic E-state index is -4.31. The summed E-state index contributed by atoms with van der Waals surface area (Å²) in [4.78, 5) is 9.21. The number of halogens is 3. The van der Waals surface area contributed by atoms with E-state index in [0.29, 0.717) is 6.42 Å². The average Bonchev–Trinajstić information content (AvgIpc) is 2.36. The second-order valence-corrected chi connectivity index (χ2v) is 4.14. The van der Waals surface area contributed by atoms with Gasteiger partial charge >= 0.3 is 6.18 Å². The summed E-state index contributed by atoms with van der Waals surface area (Å²) >= 11 is 0. The molecule has 0 aliphatic heterocycles. The Labute approximate surface area is 115 Å². The van der Waals surface area contributed by atoms with Gasteiger partial charge in [-0.15, -0.1) is 0 Å². The van der Waals surface area contributed by atoms with Gasteiger partial charge in [-0.3, -0.25) is 0 Å². The van der Waals surface area contributed by atoms with Crippen LogP contribution in [0, 0.1) is 0 Å². The predicted molar refractivity (Wildman–Crippen MR) is 69.1 cm³/mol. The molecule has 0 saturated carbocycles. The third kappa shape index (κ3) is 5.17. The van der Waals surface area contributed by atoms with Crippen molar-refractivity contribution in [1.82, 2.24) is 9.97 Å². The summed E-state index contributed by atoms with van der Waals surface area (Å²) in [7, 11) is 1.45. The highest BCUT2D eigenvalue weighted by atomic mass is 19.4. The van der Waals surface area contributed by atoms with Gasteiger partial charge in [0.05, 0.1) is 0 Å². The Morgan fingerprint density at radius 3 is 2.60 bits per heavy atom. The zero-order valence-corrected chi connectivity index (χ0v) is 11.4. The first-order valence-electron chi connectivity index (χ1n) is 6.04. The Hall–Kier alpha value is -1.61. The van der Waals surface area contributed by atoms with Crippen LogP contribution in [0.5, 0.6) is 0 Å². The van der Waals surface area contributed by atoms with Gasteiger partial charge in [0.25, 0.3) is 0 Å². The molecule has 1 rings (SSSR count). The minimum Gasteiger partial charge on any atom is -0.377 e. The lowest BCUT2D eigenvalue weighted by Crippen LogP contribution is -2.35. The smallest absolute Gasteiger partial charge is 0.377 e. The van der Waals surface area contributed by atoms with Crippen LogP contribution < -0.4 is 16.2 Å². The van der Waals surface area contributed by atoms with Crippen LogP contribution in [0.1, 0.15) is 19.2 Å². The van der Waals surface area contributed by atoms with Crippen LogP contribution >= 0.6 is 0 Å². The van der Waals surface area contributed by atoms with Crippen molar-refractivity contribution in [3.63, 3.8) is 0 Å². The van der Waals surface area contributed by atoms with E-state index in [-0.39, 0.29) is 30.6 Å². The van der Waals surface area contributed by atoms with Crippen LogP contribution in [-0.2, 0) is 11.3 Å². The third-order valence-electron chi connectivity index (χ3n) is 2.37. The van der Waals surface area contributed by atoms with Gasteiger partial charge in [-0.05, 0) is 6.42 Å². The first kappa shape index (κ1) is 16.4. The highest BCUT2D eigenvalue weighted by molar-refractivity contribution is 5.49. The second-order valence-electron chi connectivity index (χ2n) is 4.14. The molecular weight excluding hydrogens is 275 g/mol. The molecule has 1 aromatic heterocycles. The van der Waals surface area contributed by atoms with Crippen LogP contribution in [0.3, 0.4) is 0 Å². The number of ether oxygens (including phenoxy) is 1. The van der Waals surface area contributed by atoms with E-state index in [1.165, 1.54) is 13.2 Å². The van der Waals surface area contributed by atoms with E-state index < -0.39 is 12.7 Å². The fourth-order valence-electron chi connectivity index (χ4n) is 1.67. The normalized spacial score (nSPS) is 11.5. The highest BCUT2D eigenvalue weighted by Gasteiger charge is 2.31. The summed E-state index contributed by atoms with van der Waals surface area (Å²) in [6, 6.07) is 1.38. The molecule has 114 valence electrons. The lowest BCUT2D eigenvalue weighted by atomic mass is 10.3. The number of nitrogens with zero attached hydrogens (tertiary/aromatic N) is 3. The molecule has 6 nitrogen and oxygen atoms in total. The quantitative estimate of drug-likeness (QED) is 0.588. The number of nitrogen functional groups attached to an aromatic ring is 1. The van der Waals surface area contributed by atoms with Crippen LogP contribution in [0.25, 0.3) is 0 Å². The zero-order chi connectivity index (χ0) is 15.2. The molecule has 1 aromatic rings. The Bertz CT molecular complexity index is 427. The minimum absolute atomic E-state index is 0.0918. The van der Waals surface area contributed by atoms with Crippen molar-refractivity contribution in [2.75, 3.05) is 30.5 Å². The van der Waals surface area contributed by atoms with Crippen LogP contribution in [0.15, 0.2) is 6.07 Å². The summed E-state index contributed by atoms with van der Waals surface area (Å²) in [5, 5.41) is 0. The molecule has 3 N–H and O–H groups in total. The molecule has 20 heavy (non-hydrogen) atoms. The van der Waals surface area contributed by atoms with Gasteiger partial charge < -0.3 is 15.1 Å². The maximum Gasteiger partial charge on any atom is 0.405 e. The molecule has 0 aliphatic carbocycles. The molecule has 0 spiro atoms. The van der Waals surface area contributed by atoms with E-state index >= 15 is 0 Å². The van der Waals surface area contributed by atoms with Gasteiger partial charge in [0.15, 0.2) is 5.82 Å². The summed E-state index contributed by atoms with van der Waals surface area (Å²) in [5.41, 5.74) is 2.31. The number of methoxy groups -OCH3 is 1. The molecule has 0 radical (unpaired) electrons. The predicted octanol–water partition coefficient (Wildman–Crippen LogP) is 1.69. The van der Waals surface area contributed by atoms with Crippen molar-refractivity contribution in [3.05, 3.63) is 11.9 Å². The van der Waals surface area contributed by atoms with E-state index in [4.69, 9.17) is 10.6 Å². The molecule has 0 aliphatic rings. The van der Waals surface area contributed by atoms with Gasteiger partial charge in [0.2, 0.25) is 0 Å². The zero-order valence-electron chi connectivity index (χ0n) is 11.4. The number of rotatable bonds is 7. The average molecular weight is 293 g/mol. The summed E-state index contributed by atoms with van der Waals surface area (Å²) in [6.45, 7) is 1.04. The number of hydrogen-bond acceptors (Lipinski definition) is 6. The second kappa shape index (κ2) is 7.25. The summed E-state index contributed by atoms with van der Waals surface area (Å²) < 4.78 is 42.7. The summed E-state index contributed by atoms with van der Waals surface area (Å²) in [6.07, 6.45) is -3.75. The summed E-state index contributed by atoms with van der Waals surface area (Å²) in [5.74, 6) is 5.94. The fourth-order valence-corrected chi connectivity index (χ4v) is 1.67. The van der Waals surface area contributed by atoms with Crippen molar-refractivity contribution in [2.24, 2.45) is 5.84 Å². The first-order valence-corrected chi connectivity index (χ1v) is 6.04. The lowest BCUT2D eigenvalue weighted by molar-refractivity contribution is -0.119. The standard InChI is InChI=1S/C11H18F3N5O/c1-3-4-19(7-11(12,13)14)10-5-8(18-15)16-9(17-10)6-20-2/h5H,3-4,6-7,15H2,1-2H3,(H,16,17,18). The Balaban J connectivity index is 3.07. The van der Waals surface area contributed by atoms with Gasteiger partial charge in [-0.1, -0.05) is 6.92 Å². The fraction of sp³-hybridized carbons (Fsp3) is 0.636. The molecule has 1 heterocycles. The number of hydrazine groups is 1. The Morgan fingerprint density at radius 1 is 1.40 bits per heavy atom. The maximum absolute atomic E-state index is 12.6. The molecule has 0 fully saturated rings. The molecule has 9 heteroatoms. The highest BCUT2D eigenvalue weighted by Crippen LogP contribution is 2.22. The van der Waals surface area contributed by atoms with Crippen LogP contribution in [0.4, 0.5) is 24.8 Å². The number of hydrogen-bond donors (Lipinski definition) is 2. The molecule has 0 bridgehead atoms. The van der Waals surface area contributed by atoms with Crippen LogP contribution in [0.2, 0.25) is 0 Å². The monoisotopic (exact) mass is 293 g/mol. The molecule has 0 aromatic carbocycles. The Morgan fingerprint density at radius 2 is 2.10 bits per heavy atom. The van der Waals surface area contributed by atoms with Crippen molar-refractivity contribution < 1.29 is 17.9 Å². The van der Waals surface area contributed by atoms with Crippen molar-refractivity contribution >= 4 is 11.6 Å². The van der Waals surface area contributed by atoms with Gasteiger partial charge in [-0.2, -0.15) is 13.2 Å². The van der Waals surface area contributed by atoms with E-state index in [2.05, 4.69) is 15.4 Å². The van der Waals surface area contributed by atoms with Crippen molar-refractivity contribution in [2.45, 2.75) is 26.1 Å². The molecule has 0 atom stereocenters. The SMILES string of the molecule is CCCN(CC(F)(F)F)c1cc(NN)nc(COC)n1. The van der Waals surface area contributed by atoms with Gasteiger partial charge in [-0.25, -0.2) is 15.8 Å². The molecule has 0 unspecified atom stereocenters. The number of anilines is 2. The number of nitrogens with two attached hydrogens (primary N) is 1. The number of alkyl halides is 3.